The van der Waals surface area contributed by atoms with Crippen LogP contribution in [0.1, 0.15) is 0 Å². The quantitative estimate of drug-likeness (QED) is 0.163. The SMILES string of the molecule is c1ccc(-c2ccc3c(-c4ccccc4-n4c(-c5ccccc5)nc5ccccc54)c4ccccc4c(-c4ccc5sc6ccccc6c5c4)c3c2)cc1. The summed E-state index contributed by atoms with van der Waals surface area (Å²) in [5.74, 6) is 0.928. The Bertz CT molecular complexity index is 3210. The molecular weight excluding hydrogens is 673 g/mol. The van der Waals surface area contributed by atoms with Crippen LogP contribution in [0.2, 0.25) is 0 Å². The predicted octanol–water partition coefficient (Wildman–Crippen LogP) is 14.4. The lowest BCUT2D eigenvalue weighted by atomic mass is 9.84. The zero-order chi connectivity index (χ0) is 35.6. The van der Waals surface area contributed by atoms with Gasteiger partial charge in [0.1, 0.15) is 5.82 Å². The van der Waals surface area contributed by atoms with Crippen molar-refractivity contribution in [2.75, 3.05) is 0 Å². The standard InChI is InChI=1S/C51H32N2S/c1-3-15-33(16-4-1)35-27-29-40-43(31-35)49(36-28-30-48-42(32-36)37-19-10-14-26-47(37)54-48)38-20-7-8-21-39(38)50(40)41-22-9-12-24-45(41)53-46-25-13-11-23-44(46)52-51(53)34-17-5-2-6-18-34/h1-32H. The van der Waals surface area contributed by atoms with Crippen LogP contribution in [0.5, 0.6) is 0 Å². The lowest BCUT2D eigenvalue weighted by molar-refractivity contribution is 1.10. The van der Waals surface area contributed by atoms with Crippen molar-refractivity contribution in [2.24, 2.45) is 0 Å². The molecule has 0 unspecified atom stereocenters. The monoisotopic (exact) mass is 704 g/mol. The predicted molar refractivity (Wildman–Crippen MR) is 231 cm³/mol. The van der Waals surface area contributed by atoms with Crippen LogP contribution >= 0.6 is 11.3 Å². The third-order valence-electron chi connectivity index (χ3n) is 10.8. The third-order valence-corrected chi connectivity index (χ3v) is 12.0. The van der Waals surface area contributed by atoms with E-state index in [9.17, 15) is 0 Å². The normalized spacial score (nSPS) is 11.7. The van der Waals surface area contributed by atoms with E-state index >= 15 is 0 Å². The van der Waals surface area contributed by atoms with Gasteiger partial charge in [0.2, 0.25) is 0 Å². The Kier molecular flexibility index (Phi) is 7.07. The van der Waals surface area contributed by atoms with Gasteiger partial charge in [0.05, 0.1) is 16.7 Å². The van der Waals surface area contributed by atoms with Gasteiger partial charge in [-0.05, 0) is 91.8 Å². The fourth-order valence-corrected chi connectivity index (χ4v) is 9.49. The van der Waals surface area contributed by atoms with Gasteiger partial charge in [0, 0.05) is 31.3 Å². The number of nitrogens with zero attached hydrogens (tertiary/aromatic N) is 2. The minimum absolute atomic E-state index is 0.928. The number of aromatic nitrogens is 2. The molecule has 2 heterocycles. The van der Waals surface area contributed by atoms with Gasteiger partial charge < -0.3 is 0 Å². The maximum Gasteiger partial charge on any atom is 0.145 e. The molecule has 0 bridgehead atoms. The first-order valence-corrected chi connectivity index (χ1v) is 19.2. The second kappa shape index (κ2) is 12.4. The number of thiophene rings is 1. The number of benzene rings is 9. The highest BCUT2D eigenvalue weighted by Crippen LogP contribution is 2.48. The Morgan fingerprint density at radius 2 is 0.963 bits per heavy atom. The second-order valence-corrected chi connectivity index (χ2v) is 15.0. The molecule has 0 saturated carbocycles. The molecule has 2 nitrogen and oxygen atoms in total. The van der Waals surface area contributed by atoms with Crippen molar-refractivity contribution in [1.29, 1.82) is 0 Å². The Balaban J connectivity index is 1.26. The first-order chi connectivity index (χ1) is 26.8. The van der Waals surface area contributed by atoms with E-state index in [1.54, 1.807) is 0 Å². The average molecular weight is 705 g/mol. The molecular formula is C51H32N2S. The Hall–Kier alpha value is -6.81. The summed E-state index contributed by atoms with van der Waals surface area (Å²) in [5.41, 5.74) is 11.5. The lowest BCUT2D eigenvalue weighted by Crippen LogP contribution is -2.01. The molecule has 11 rings (SSSR count). The van der Waals surface area contributed by atoms with Gasteiger partial charge in [-0.2, -0.15) is 0 Å². The fraction of sp³-hybridized carbons (Fsp3) is 0. The molecule has 252 valence electrons. The Morgan fingerprint density at radius 3 is 1.80 bits per heavy atom. The summed E-state index contributed by atoms with van der Waals surface area (Å²) in [5, 5.41) is 7.53. The Labute approximate surface area is 316 Å². The molecule has 2 aromatic heterocycles. The van der Waals surface area contributed by atoms with Crippen LogP contribution in [-0.2, 0) is 0 Å². The summed E-state index contributed by atoms with van der Waals surface area (Å²) in [7, 11) is 0. The smallest absolute Gasteiger partial charge is 0.145 e. The van der Waals surface area contributed by atoms with Crippen LogP contribution in [0.25, 0.3) is 103 Å². The molecule has 0 N–H and O–H groups in total. The lowest BCUT2D eigenvalue weighted by Gasteiger charge is -2.21. The summed E-state index contributed by atoms with van der Waals surface area (Å²) in [6.45, 7) is 0. The van der Waals surface area contributed by atoms with E-state index in [0.717, 1.165) is 33.7 Å². The van der Waals surface area contributed by atoms with Gasteiger partial charge in [-0.1, -0.05) is 152 Å². The molecule has 0 radical (unpaired) electrons. The molecule has 54 heavy (non-hydrogen) atoms. The van der Waals surface area contributed by atoms with Gasteiger partial charge in [-0.15, -0.1) is 11.3 Å². The van der Waals surface area contributed by atoms with E-state index in [4.69, 9.17) is 4.98 Å². The number of hydrogen-bond acceptors (Lipinski definition) is 2. The topological polar surface area (TPSA) is 17.8 Å². The van der Waals surface area contributed by atoms with Crippen molar-refractivity contribution in [3.05, 3.63) is 194 Å². The van der Waals surface area contributed by atoms with Crippen LogP contribution in [0.15, 0.2) is 194 Å². The van der Waals surface area contributed by atoms with Crippen LogP contribution < -0.4 is 0 Å². The van der Waals surface area contributed by atoms with Crippen molar-refractivity contribution in [1.82, 2.24) is 9.55 Å². The highest BCUT2D eigenvalue weighted by molar-refractivity contribution is 7.25. The van der Waals surface area contributed by atoms with Crippen LogP contribution in [0.3, 0.4) is 0 Å². The van der Waals surface area contributed by atoms with E-state index in [1.807, 2.05) is 11.3 Å². The largest absolute Gasteiger partial charge is 0.292 e. The average Bonchev–Trinajstić information content (AvgIpc) is 3.82. The molecule has 0 saturated heterocycles. The van der Waals surface area contributed by atoms with Crippen LogP contribution in [0, 0.1) is 0 Å². The minimum Gasteiger partial charge on any atom is -0.292 e. The maximum absolute atomic E-state index is 5.22. The molecule has 11 aromatic rings. The van der Waals surface area contributed by atoms with Crippen LogP contribution in [-0.4, -0.2) is 9.55 Å². The highest BCUT2D eigenvalue weighted by Gasteiger charge is 2.22. The molecule has 0 spiro atoms. The third kappa shape index (κ3) is 4.83. The van der Waals surface area contributed by atoms with E-state index < -0.39 is 0 Å². The zero-order valence-corrected chi connectivity index (χ0v) is 30.1. The number of fused-ring (bicyclic) bond motifs is 6. The number of para-hydroxylation sites is 3. The van der Waals surface area contributed by atoms with E-state index in [0.29, 0.717) is 0 Å². The molecule has 0 aliphatic carbocycles. The van der Waals surface area contributed by atoms with E-state index in [1.165, 1.54) is 69.5 Å². The van der Waals surface area contributed by atoms with Crippen molar-refractivity contribution in [3.63, 3.8) is 0 Å². The number of imidazole rings is 1. The van der Waals surface area contributed by atoms with Gasteiger partial charge >= 0.3 is 0 Å². The molecule has 0 atom stereocenters. The number of rotatable bonds is 5. The second-order valence-electron chi connectivity index (χ2n) is 13.9. The van der Waals surface area contributed by atoms with E-state index in [2.05, 4.69) is 199 Å². The van der Waals surface area contributed by atoms with Crippen molar-refractivity contribution in [2.45, 2.75) is 0 Å². The summed E-state index contributed by atoms with van der Waals surface area (Å²) < 4.78 is 4.98. The molecule has 9 aromatic carbocycles. The molecule has 0 amide bonds. The molecule has 3 heteroatoms. The van der Waals surface area contributed by atoms with Gasteiger partial charge in [-0.25, -0.2) is 4.98 Å². The first kappa shape index (κ1) is 30.8. The zero-order valence-electron chi connectivity index (χ0n) is 29.3. The van der Waals surface area contributed by atoms with Crippen molar-refractivity contribution >= 4 is 64.1 Å². The fourth-order valence-electron chi connectivity index (χ4n) is 8.40. The van der Waals surface area contributed by atoms with Gasteiger partial charge in [0.15, 0.2) is 0 Å². The van der Waals surface area contributed by atoms with Crippen LogP contribution in [0.4, 0.5) is 0 Å². The molecule has 0 aliphatic heterocycles. The molecule has 0 aliphatic rings. The van der Waals surface area contributed by atoms with E-state index in [-0.39, 0.29) is 0 Å². The number of hydrogen-bond donors (Lipinski definition) is 0. The minimum atomic E-state index is 0.928. The molecule has 0 fully saturated rings. The summed E-state index contributed by atoms with van der Waals surface area (Å²) in [6, 6.07) is 70.5. The summed E-state index contributed by atoms with van der Waals surface area (Å²) in [4.78, 5) is 5.22. The summed E-state index contributed by atoms with van der Waals surface area (Å²) >= 11 is 1.87. The van der Waals surface area contributed by atoms with Gasteiger partial charge in [-0.3, -0.25) is 4.57 Å². The first-order valence-electron chi connectivity index (χ1n) is 18.4. The van der Waals surface area contributed by atoms with Gasteiger partial charge in [0.25, 0.3) is 0 Å². The highest BCUT2D eigenvalue weighted by atomic mass is 32.1. The Morgan fingerprint density at radius 1 is 0.370 bits per heavy atom. The maximum atomic E-state index is 5.22. The summed E-state index contributed by atoms with van der Waals surface area (Å²) in [6.07, 6.45) is 0. The van der Waals surface area contributed by atoms with Crippen molar-refractivity contribution < 1.29 is 0 Å². The van der Waals surface area contributed by atoms with Crippen molar-refractivity contribution in [3.8, 4) is 50.5 Å².